The van der Waals surface area contributed by atoms with Crippen molar-refractivity contribution in [2.75, 3.05) is 19.0 Å². The van der Waals surface area contributed by atoms with Crippen LogP contribution in [-0.4, -0.2) is 26.0 Å². The molecule has 1 fully saturated rings. The van der Waals surface area contributed by atoms with Gasteiger partial charge in [0.2, 0.25) is 0 Å². The van der Waals surface area contributed by atoms with Gasteiger partial charge in [0.1, 0.15) is 0 Å². The van der Waals surface area contributed by atoms with Crippen LogP contribution in [0.25, 0.3) is 0 Å². The predicted octanol–water partition coefficient (Wildman–Crippen LogP) is 2.45. The van der Waals surface area contributed by atoms with Crippen LogP contribution in [0, 0.1) is 11.8 Å². The Hall–Kier alpha value is -1.51. The topological polar surface area (TPSA) is 32.3 Å². The minimum Gasteiger partial charge on any atom is -0.371 e. The summed E-state index contributed by atoms with van der Waals surface area (Å²) in [6, 6.07) is 6.79. The molecular weight excluding hydrogens is 236 g/mol. The molecule has 2 atom stereocenters. The molecule has 0 unspecified atom stereocenters. The fourth-order valence-corrected chi connectivity index (χ4v) is 3.61. The van der Waals surface area contributed by atoms with E-state index < -0.39 is 0 Å². The fraction of sp³-hybridized carbons (Fsp3) is 0.562. The van der Waals surface area contributed by atoms with Crippen LogP contribution in [0.3, 0.4) is 0 Å². The predicted molar refractivity (Wildman–Crippen MR) is 77.6 cm³/mol. The van der Waals surface area contributed by atoms with Gasteiger partial charge in [-0.05, 0) is 54.9 Å². The van der Waals surface area contributed by atoms with Gasteiger partial charge in [0.25, 0.3) is 5.91 Å². The van der Waals surface area contributed by atoms with E-state index in [1.807, 2.05) is 6.07 Å². The zero-order valence-corrected chi connectivity index (χ0v) is 11.9. The maximum Gasteiger partial charge on any atom is 0.251 e. The molecule has 1 aromatic rings. The highest BCUT2D eigenvalue weighted by Gasteiger charge is 2.40. The fourth-order valence-electron chi connectivity index (χ4n) is 3.61. The first-order valence-corrected chi connectivity index (χ1v) is 7.19. The molecule has 0 aromatic heterocycles. The van der Waals surface area contributed by atoms with Gasteiger partial charge in [-0.2, -0.15) is 0 Å². The average Bonchev–Trinajstić information content (AvgIpc) is 3.21. The zero-order valence-electron chi connectivity index (χ0n) is 11.9. The second-order valence-electron chi connectivity index (χ2n) is 6.04. The monoisotopic (exact) mass is 258 g/mol. The van der Waals surface area contributed by atoms with E-state index in [0.717, 1.165) is 17.9 Å². The molecule has 19 heavy (non-hydrogen) atoms. The largest absolute Gasteiger partial charge is 0.371 e. The van der Waals surface area contributed by atoms with Gasteiger partial charge in [-0.3, -0.25) is 4.79 Å². The Morgan fingerprint density at radius 2 is 2.11 bits per heavy atom. The van der Waals surface area contributed by atoms with Gasteiger partial charge >= 0.3 is 0 Å². The summed E-state index contributed by atoms with van der Waals surface area (Å²) >= 11 is 0. The average molecular weight is 258 g/mol. The molecule has 0 saturated heterocycles. The van der Waals surface area contributed by atoms with Crippen molar-refractivity contribution in [2.45, 2.75) is 32.2 Å². The summed E-state index contributed by atoms with van der Waals surface area (Å²) < 4.78 is 0. The first kappa shape index (κ1) is 12.5. The van der Waals surface area contributed by atoms with Gasteiger partial charge in [-0.1, -0.05) is 6.92 Å². The highest BCUT2D eigenvalue weighted by Crippen LogP contribution is 2.44. The lowest BCUT2D eigenvalue weighted by Gasteiger charge is -2.41. The molecule has 1 saturated carbocycles. The van der Waals surface area contributed by atoms with E-state index in [9.17, 15) is 4.79 Å². The van der Waals surface area contributed by atoms with Crippen LogP contribution in [0.1, 0.15) is 35.7 Å². The van der Waals surface area contributed by atoms with Crippen molar-refractivity contribution in [1.82, 2.24) is 5.32 Å². The summed E-state index contributed by atoms with van der Waals surface area (Å²) in [5.74, 6) is 1.55. The van der Waals surface area contributed by atoms with Crippen LogP contribution < -0.4 is 10.2 Å². The number of rotatable bonds is 2. The summed E-state index contributed by atoms with van der Waals surface area (Å²) in [5.41, 5.74) is 3.39. The SMILES string of the molecule is CNC(=O)c1ccc2c(c1)C[C@@H](C)[C@H](C1CC1)N2C. The molecule has 2 aliphatic rings. The van der Waals surface area contributed by atoms with Crippen molar-refractivity contribution in [3.8, 4) is 0 Å². The standard InChI is InChI=1S/C16H22N2O/c1-10-8-13-9-12(16(19)17-2)6-7-14(13)18(3)15(10)11-4-5-11/h6-7,9-11,15H,4-5,8H2,1-3H3,(H,17,19)/t10-,15-/m1/s1. The van der Waals surface area contributed by atoms with Crippen LogP contribution in [0.4, 0.5) is 5.69 Å². The Morgan fingerprint density at radius 3 is 2.74 bits per heavy atom. The van der Waals surface area contributed by atoms with Crippen LogP contribution in [0.15, 0.2) is 18.2 Å². The van der Waals surface area contributed by atoms with E-state index in [1.54, 1.807) is 7.05 Å². The molecule has 1 amide bonds. The first-order valence-electron chi connectivity index (χ1n) is 7.19. The van der Waals surface area contributed by atoms with E-state index in [-0.39, 0.29) is 5.91 Å². The number of nitrogens with one attached hydrogen (secondary N) is 1. The molecule has 0 radical (unpaired) electrons. The highest BCUT2D eigenvalue weighted by atomic mass is 16.1. The number of nitrogens with zero attached hydrogens (tertiary/aromatic N) is 1. The van der Waals surface area contributed by atoms with E-state index in [2.05, 4.69) is 36.3 Å². The molecule has 3 rings (SSSR count). The number of fused-ring (bicyclic) bond motifs is 1. The van der Waals surface area contributed by atoms with E-state index in [4.69, 9.17) is 0 Å². The summed E-state index contributed by atoms with van der Waals surface area (Å²) in [4.78, 5) is 14.2. The zero-order chi connectivity index (χ0) is 13.6. The van der Waals surface area contributed by atoms with Crippen molar-refractivity contribution in [3.63, 3.8) is 0 Å². The Morgan fingerprint density at radius 1 is 1.37 bits per heavy atom. The van der Waals surface area contributed by atoms with Gasteiger partial charge in [0.15, 0.2) is 0 Å². The minimum absolute atomic E-state index is 0.00224. The van der Waals surface area contributed by atoms with Crippen molar-refractivity contribution < 1.29 is 4.79 Å². The molecule has 1 aromatic carbocycles. The molecule has 1 heterocycles. The maximum absolute atomic E-state index is 11.7. The number of hydrogen-bond acceptors (Lipinski definition) is 2. The summed E-state index contributed by atoms with van der Waals surface area (Å²) in [5, 5.41) is 2.69. The van der Waals surface area contributed by atoms with Crippen LogP contribution in [0.2, 0.25) is 0 Å². The lowest BCUT2D eigenvalue weighted by Crippen LogP contribution is -2.43. The maximum atomic E-state index is 11.7. The van der Waals surface area contributed by atoms with Gasteiger partial charge < -0.3 is 10.2 Å². The van der Waals surface area contributed by atoms with Crippen molar-refractivity contribution >= 4 is 11.6 Å². The van der Waals surface area contributed by atoms with E-state index >= 15 is 0 Å². The second kappa shape index (κ2) is 4.55. The third-order valence-corrected chi connectivity index (χ3v) is 4.63. The van der Waals surface area contributed by atoms with Crippen molar-refractivity contribution in [3.05, 3.63) is 29.3 Å². The Balaban J connectivity index is 1.94. The van der Waals surface area contributed by atoms with Gasteiger partial charge in [0.05, 0.1) is 0 Å². The number of amides is 1. The number of anilines is 1. The Bertz CT molecular complexity index is 507. The normalized spacial score (nSPS) is 25.9. The number of carbonyl (C=O) groups is 1. The molecule has 1 aliphatic heterocycles. The molecule has 1 aliphatic carbocycles. The molecule has 1 N–H and O–H groups in total. The van der Waals surface area contributed by atoms with Crippen LogP contribution in [-0.2, 0) is 6.42 Å². The van der Waals surface area contributed by atoms with Crippen LogP contribution in [0.5, 0.6) is 0 Å². The molecule has 3 heteroatoms. The van der Waals surface area contributed by atoms with E-state index in [0.29, 0.717) is 12.0 Å². The lowest BCUT2D eigenvalue weighted by molar-refractivity contribution is 0.0963. The molecule has 0 bridgehead atoms. The number of benzene rings is 1. The lowest BCUT2D eigenvalue weighted by atomic mass is 9.84. The third kappa shape index (κ3) is 2.11. The Labute approximate surface area is 115 Å². The summed E-state index contributed by atoms with van der Waals surface area (Å²) in [6.07, 6.45) is 3.85. The van der Waals surface area contributed by atoms with Gasteiger partial charge in [0, 0.05) is 31.4 Å². The number of carbonyl (C=O) groups excluding carboxylic acids is 1. The molecule has 0 spiro atoms. The molecule has 102 valence electrons. The minimum atomic E-state index is 0.00224. The third-order valence-electron chi connectivity index (χ3n) is 4.63. The summed E-state index contributed by atoms with van der Waals surface area (Å²) in [6.45, 7) is 2.34. The van der Waals surface area contributed by atoms with Crippen molar-refractivity contribution in [1.29, 1.82) is 0 Å². The molecular formula is C16H22N2O. The summed E-state index contributed by atoms with van der Waals surface area (Å²) in [7, 11) is 3.89. The number of hydrogen-bond donors (Lipinski definition) is 1. The Kier molecular flexibility index (Phi) is 3.00. The first-order chi connectivity index (χ1) is 9.11. The quantitative estimate of drug-likeness (QED) is 0.883. The molecule has 3 nitrogen and oxygen atoms in total. The van der Waals surface area contributed by atoms with Crippen LogP contribution >= 0.6 is 0 Å². The van der Waals surface area contributed by atoms with Gasteiger partial charge in [-0.25, -0.2) is 0 Å². The van der Waals surface area contributed by atoms with Gasteiger partial charge in [-0.15, -0.1) is 0 Å². The highest BCUT2D eigenvalue weighted by molar-refractivity contribution is 5.94. The van der Waals surface area contributed by atoms with Crippen molar-refractivity contribution in [2.24, 2.45) is 11.8 Å². The smallest absolute Gasteiger partial charge is 0.251 e. The van der Waals surface area contributed by atoms with E-state index in [1.165, 1.54) is 24.1 Å². The second-order valence-corrected chi connectivity index (χ2v) is 6.04.